The number of piperidine rings is 2. The number of carbonyl (C=O) groups is 2. The van der Waals surface area contributed by atoms with E-state index in [1.165, 1.54) is 4.90 Å². The molecule has 6 heteroatoms. The van der Waals surface area contributed by atoms with Crippen molar-refractivity contribution in [1.82, 2.24) is 9.80 Å². The second-order valence-electron chi connectivity index (χ2n) is 6.58. The summed E-state index contributed by atoms with van der Waals surface area (Å²) in [5.41, 5.74) is 0.824. The van der Waals surface area contributed by atoms with Gasteiger partial charge in [-0.25, -0.2) is 4.79 Å². The molecule has 2 saturated heterocycles. The van der Waals surface area contributed by atoms with Crippen LogP contribution in [0.4, 0.5) is 10.5 Å². The van der Waals surface area contributed by atoms with Gasteiger partial charge in [-0.05, 0) is 30.4 Å². The van der Waals surface area contributed by atoms with Crippen LogP contribution in [0.1, 0.15) is 12.8 Å². The first-order valence-corrected chi connectivity index (χ1v) is 8.15. The third-order valence-electron chi connectivity index (χ3n) is 4.64. The van der Waals surface area contributed by atoms with Crippen molar-refractivity contribution < 1.29 is 14.7 Å². The molecule has 0 aromatic heterocycles. The van der Waals surface area contributed by atoms with Gasteiger partial charge in [0.05, 0.1) is 0 Å². The number of nitrogens with zero attached hydrogens (tertiary/aromatic N) is 2. The van der Waals surface area contributed by atoms with Crippen molar-refractivity contribution >= 4 is 17.7 Å². The van der Waals surface area contributed by atoms with Crippen molar-refractivity contribution in [2.75, 3.05) is 38.0 Å². The molecule has 2 atom stereocenters. The molecular formula is C17H23N3O3. The van der Waals surface area contributed by atoms with Gasteiger partial charge in [-0.1, -0.05) is 18.2 Å². The van der Waals surface area contributed by atoms with E-state index >= 15 is 0 Å². The van der Waals surface area contributed by atoms with E-state index in [1.54, 1.807) is 0 Å². The number of carboxylic acid groups (broad SMARTS) is 1. The lowest BCUT2D eigenvalue weighted by Gasteiger charge is -2.44. The number of hydrogen-bond donors (Lipinski definition) is 2. The minimum atomic E-state index is -0.810. The van der Waals surface area contributed by atoms with Crippen LogP contribution in [-0.4, -0.2) is 59.6 Å². The second-order valence-corrected chi connectivity index (χ2v) is 6.58. The molecule has 23 heavy (non-hydrogen) atoms. The maximum Gasteiger partial charge on any atom is 0.407 e. The summed E-state index contributed by atoms with van der Waals surface area (Å²) >= 11 is 0. The molecule has 2 heterocycles. The monoisotopic (exact) mass is 317 g/mol. The van der Waals surface area contributed by atoms with E-state index in [2.05, 4.69) is 10.2 Å². The average Bonchev–Trinajstić information content (AvgIpc) is 2.53. The van der Waals surface area contributed by atoms with Gasteiger partial charge in [-0.15, -0.1) is 0 Å². The predicted octanol–water partition coefficient (Wildman–Crippen LogP) is 1.95. The van der Waals surface area contributed by atoms with E-state index in [4.69, 9.17) is 5.11 Å². The highest BCUT2D eigenvalue weighted by Crippen LogP contribution is 2.28. The highest BCUT2D eigenvalue weighted by atomic mass is 16.4. The van der Waals surface area contributed by atoms with Gasteiger partial charge in [0.1, 0.15) is 0 Å². The average molecular weight is 317 g/mol. The zero-order valence-electron chi connectivity index (χ0n) is 13.1. The molecule has 2 aliphatic rings. The summed E-state index contributed by atoms with van der Waals surface area (Å²) < 4.78 is 0. The SMILES string of the molecule is O=C(CCN1CC2CC(C1)CN(C(=O)O)C2)Nc1ccccc1. The van der Waals surface area contributed by atoms with Crippen molar-refractivity contribution in [3.05, 3.63) is 30.3 Å². The summed E-state index contributed by atoms with van der Waals surface area (Å²) in [5.74, 6) is 0.825. The molecule has 2 unspecified atom stereocenters. The Morgan fingerprint density at radius 2 is 1.74 bits per heavy atom. The van der Waals surface area contributed by atoms with E-state index in [1.807, 2.05) is 30.3 Å². The number of carbonyl (C=O) groups excluding carboxylic acids is 1. The maximum absolute atomic E-state index is 12.0. The van der Waals surface area contributed by atoms with Gasteiger partial charge in [0, 0.05) is 44.8 Å². The number of likely N-dealkylation sites (tertiary alicyclic amines) is 2. The third-order valence-corrected chi connectivity index (χ3v) is 4.64. The van der Waals surface area contributed by atoms with Crippen molar-refractivity contribution in [2.45, 2.75) is 12.8 Å². The topological polar surface area (TPSA) is 72.9 Å². The van der Waals surface area contributed by atoms with Crippen molar-refractivity contribution in [1.29, 1.82) is 0 Å². The Labute approximate surface area is 136 Å². The van der Waals surface area contributed by atoms with Crippen LogP contribution in [0.25, 0.3) is 0 Å². The molecule has 0 aliphatic carbocycles. The molecule has 1 aromatic carbocycles. The second kappa shape index (κ2) is 7.00. The molecule has 3 rings (SSSR count). The fourth-order valence-electron chi connectivity index (χ4n) is 3.73. The highest BCUT2D eigenvalue weighted by molar-refractivity contribution is 5.90. The van der Waals surface area contributed by atoms with Gasteiger partial charge >= 0.3 is 6.09 Å². The highest BCUT2D eigenvalue weighted by Gasteiger charge is 2.35. The Morgan fingerprint density at radius 3 is 2.35 bits per heavy atom. The van der Waals surface area contributed by atoms with Gasteiger partial charge in [0.15, 0.2) is 0 Å². The number of benzene rings is 1. The smallest absolute Gasteiger partial charge is 0.407 e. The summed E-state index contributed by atoms with van der Waals surface area (Å²) in [5, 5.41) is 12.0. The molecule has 1 aromatic rings. The van der Waals surface area contributed by atoms with Crippen molar-refractivity contribution in [2.24, 2.45) is 11.8 Å². The number of rotatable bonds is 4. The van der Waals surface area contributed by atoms with Gasteiger partial charge in [-0.2, -0.15) is 0 Å². The van der Waals surface area contributed by atoms with Crippen LogP contribution in [-0.2, 0) is 4.79 Å². The van der Waals surface area contributed by atoms with Crippen LogP contribution in [0.2, 0.25) is 0 Å². The number of amides is 2. The van der Waals surface area contributed by atoms with E-state index in [-0.39, 0.29) is 5.91 Å². The Kier molecular flexibility index (Phi) is 4.81. The van der Waals surface area contributed by atoms with E-state index < -0.39 is 6.09 Å². The summed E-state index contributed by atoms with van der Waals surface area (Å²) in [6.07, 6.45) is 0.767. The van der Waals surface area contributed by atoms with Gasteiger partial charge < -0.3 is 20.2 Å². The first kappa shape index (κ1) is 15.8. The lowest BCUT2D eigenvalue weighted by atomic mass is 9.85. The molecule has 2 aliphatic heterocycles. The van der Waals surface area contributed by atoms with Gasteiger partial charge in [0.2, 0.25) is 5.91 Å². The fraction of sp³-hybridized carbons (Fsp3) is 0.529. The van der Waals surface area contributed by atoms with Gasteiger partial charge in [0.25, 0.3) is 0 Å². The summed E-state index contributed by atoms with van der Waals surface area (Å²) in [6.45, 7) is 3.76. The largest absolute Gasteiger partial charge is 0.465 e. The van der Waals surface area contributed by atoms with Crippen LogP contribution >= 0.6 is 0 Å². The van der Waals surface area contributed by atoms with E-state index in [0.717, 1.165) is 31.7 Å². The minimum Gasteiger partial charge on any atom is -0.465 e. The Bertz CT molecular complexity index is 549. The zero-order chi connectivity index (χ0) is 16.2. The number of anilines is 1. The van der Waals surface area contributed by atoms with Gasteiger partial charge in [-0.3, -0.25) is 4.79 Å². The van der Waals surface area contributed by atoms with Crippen LogP contribution < -0.4 is 5.32 Å². The van der Waals surface area contributed by atoms with E-state index in [9.17, 15) is 9.59 Å². The first-order valence-electron chi connectivity index (χ1n) is 8.15. The third kappa shape index (κ3) is 4.22. The lowest BCUT2D eigenvalue weighted by Crippen LogP contribution is -2.54. The number of hydrogen-bond acceptors (Lipinski definition) is 3. The summed E-state index contributed by atoms with van der Waals surface area (Å²) in [7, 11) is 0. The molecule has 124 valence electrons. The van der Waals surface area contributed by atoms with E-state index in [0.29, 0.717) is 31.3 Å². The Hall–Kier alpha value is -2.08. The number of fused-ring (bicyclic) bond motifs is 2. The lowest BCUT2D eigenvalue weighted by molar-refractivity contribution is -0.116. The zero-order valence-corrected chi connectivity index (χ0v) is 13.1. The van der Waals surface area contributed by atoms with Crippen molar-refractivity contribution in [3.8, 4) is 0 Å². The summed E-state index contributed by atoms with van der Waals surface area (Å²) in [6, 6.07) is 9.47. The van der Waals surface area contributed by atoms with Crippen LogP contribution in [0.15, 0.2) is 30.3 Å². The molecule has 2 fully saturated rings. The van der Waals surface area contributed by atoms with Crippen molar-refractivity contribution in [3.63, 3.8) is 0 Å². The normalized spacial score (nSPS) is 24.3. The minimum absolute atomic E-state index is 0.0269. The van der Waals surface area contributed by atoms with Crippen LogP contribution in [0.3, 0.4) is 0 Å². The molecule has 0 spiro atoms. The Balaban J connectivity index is 1.45. The molecule has 0 saturated carbocycles. The molecule has 6 nitrogen and oxygen atoms in total. The molecule has 2 amide bonds. The standard InChI is InChI=1S/C17H23N3O3/c21-16(18-15-4-2-1-3-5-15)6-7-19-9-13-8-14(10-19)12-20(11-13)17(22)23/h1-5,13-14H,6-12H2,(H,18,21)(H,22,23). The maximum atomic E-state index is 12.0. The molecule has 0 radical (unpaired) electrons. The molecular weight excluding hydrogens is 294 g/mol. The predicted molar refractivity (Wildman–Crippen MR) is 87.3 cm³/mol. The number of para-hydroxylation sites is 1. The summed E-state index contributed by atoms with van der Waals surface area (Å²) in [4.78, 5) is 27.0. The first-order chi connectivity index (χ1) is 11.1. The molecule has 2 bridgehead atoms. The fourth-order valence-corrected chi connectivity index (χ4v) is 3.73. The van der Waals surface area contributed by atoms with Crippen LogP contribution in [0, 0.1) is 11.8 Å². The van der Waals surface area contributed by atoms with Crippen LogP contribution in [0.5, 0.6) is 0 Å². The quantitative estimate of drug-likeness (QED) is 0.890. The number of nitrogens with one attached hydrogen (secondary N) is 1. The Morgan fingerprint density at radius 1 is 1.09 bits per heavy atom. The molecule has 2 N–H and O–H groups in total.